The van der Waals surface area contributed by atoms with Gasteiger partial charge in [0.2, 0.25) is 0 Å². The molecule has 0 heterocycles. The fourth-order valence-corrected chi connectivity index (χ4v) is 2.94. The van der Waals surface area contributed by atoms with Crippen LogP contribution in [0.15, 0.2) is 24.3 Å². The summed E-state index contributed by atoms with van der Waals surface area (Å²) < 4.78 is 5.96. The highest BCUT2D eigenvalue weighted by Gasteiger charge is 2.16. The number of ether oxygens (including phenoxy) is 1. The highest BCUT2D eigenvalue weighted by atomic mass is 35.5. The Balaban J connectivity index is 2.35. The molecule has 0 fully saturated rings. The molecule has 2 unspecified atom stereocenters. The minimum absolute atomic E-state index is 0.618. The highest BCUT2D eigenvalue weighted by Crippen LogP contribution is 2.25. The molecule has 0 saturated heterocycles. The average Bonchev–Trinajstić information content (AvgIpc) is 2.47. The maximum Gasteiger partial charge on any atom is 0.120 e. The average molecular weight is 325 g/mol. The molecule has 2 heteroatoms. The Morgan fingerprint density at radius 2 is 1.82 bits per heavy atom. The molecule has 2 atom stereocenters. The van der Waals surface area contributed by atoms with Crippen LogP contribution in [0.1, 0.15) is 66.2 Å². The van der Waals surface area contributed by atoms with Gasteiger partial charge in [-0.05, 0) is 42.4 Å². The van der Waals surface area contributed by atoms with E-state index in [1.165, 1.54) is 38.5 Å². The van der Waals surface area contributed by atoms with Crippen LogP contribution in [0.3, 0.4) is 0 Å². The van der Waals surface area contributed by atoms with Crippen LogP contribution in [0, 0.1) is 17.8 Å². The third-order valence-corrected chi connectivity index (χ3v) is 4.77. The summed E-state index contributed by atoms with van der Waals surface area (Å²) in [6.45, 7) is 10.1. The summed E-state index contributed by atoms with van der Waals surface area (Å²) in [6.07, 6.45) is 8.00. The predicted octanol–water partition coefficient (Wildman–Crippen LogP) is 6.99. The normalized spacial score (nSPS) is 14.1. The molecule has 0 N–H and O–H groups in total. The zero-order valence-electron chi connectivity index (χ0n) is 14.8. The van der Waals surface area contributed by atoms with Crippen LogP contribution in [0.5, 0.6) is 5.75 Å². The van der Waals surface area contributed by atoms with Gasteiger partial charge in [-0.2, -0.15) is 0 Å². The van der Waals surface area contributed by atoms with Gasteiger partial charge < -0.3 is 4.74 Å². The monoisotopic (exact) mass is 324 g/mol. The van der Waals surface area contributed by atoms with Gasteiger partial charge in [-0.15, -0.1) is 0 Å². The summed E-state index contributed by atoms with van der Waals surface area (Å²) in [5, 5.41) is 0.739. The van der Waals surface area contributed by atoms with Crippen molar-refractivity contribution in [3.8, 4) is 5.75 Å². The van der Waals surface area contributed by atoms with E-state index in [0.29, 0.717) is 11.8 Å². The molecule has 0 aromatic heterocycles. The number of benzene rings is 1. The number of halogens is 1. The van der Waals surface area contributed by atoms with Crippen molar-refractivity contribution in [2.75, 3.05) is 6.61 Å². The van der Waals surface area contributed by atoms with Crippen molar-refractivity contribution in [1.82, 2.24) is 0 Å². The molecule has 0 aliphatic carbocycles. The molecule has 0 bridgehead atoms. The van der Waals surface area contributed by atoms with Gasteiger partial charge >= 0.3 is 0 Å². The first-order valence-electron chi connectivity index (χ1n) is 8.91. The minimum Gasteiger partial charge on any atom is -0.493 e. The Morgan fingerprint density at radius 3 is 2.45 bits per heavy atom. The van der Waals surface area contributed by atoms with Crippen molar-refractivity contribution in [2.24, 2.45) is 17.8 Å². The fraction of sp³-hybridized carbons (Fsp3) is 0.700. The Morgan fingerprint density at radius 1 is 1.05 bits per heavy atom. The topological polar surface area (TPSA) is 9.23 Å². The van der Waals surface area contributed by atoms with E-state index in [9.17, 15) is 0 Å². The van der Waals surface area contributed by atoms with Gasteiger partial charge in [0.15, 0.2) is 0 Å². The highest BCUT2D eigenvalue weighted by molar-refractivity contribution is 6.30. The van der Waals surface area contributed by atoms with Crippen LogP contribution in [0.25, 0.3) is 0 Å². The van der Waals surface area contributed by atoms with Gasteiger partial charge in [-0.25, -0.2) is 0 Å². The molecule has 0 spiro atoms. The molecule has 0 saturated carbocycles. The van der Waals surface area contributed by atoms with Gasteiger partial charge in [0, 0.05) is 5.02 Å². The Kier molecular flexibility index (Phi) is 9.63. The summed E-state index contributed by atoms with van der Waals surface area (Å²) in [5.74, 6) is 2.99. The molecule has 0 aliphatic rings. The molecule has 126 valence electrons. The zero-order chi connectivity index (χ0) is 16.4. The van der Waals surface area contributed by atoms with E-state index in [1.807, 2.05) is 24.3 Å². The first kappa shape index (κ1) is 19.4. The van der Waals surface area contributed by atoms with Crippen LogP contribution >= 0.6 is 11.6 Å². The zero-order valence-corrected chi connectivity index (χ0v) is 15.5. The van der Waals surface area contributed by atoms with E-state index in [2.05, 4.69) is 27.7 Å². The SMILES string of the molecule is CCCCCC(C)CCC(COc1cccc(Cl)c1)C(C)C. The molecular weight excluding hydrogens is 292 g/mol. The van der Waals surface area contributed by atoms with Crippen LogP contribution in [-0.2, 0) is 0 Å². The third kappa shape index (κ3) is 8.08. The maximum absolute atomic E-state index is 6.01. The summed E-state index contributed by atoms with van der Waals surface area (Å²) in [4.78, 5) is 0. The van der Waals surface area contributed by atoms with Gasteiger partial charge in [0.1, 0.15) is 5.75 Å². The van der Waals surface area contributed by atoms with E-state index in [-0.39, 0.29) is 0 Å². The maximum atomic E-state index is 6.01. The standard InChI is InChI=1S/C20H33ClO/c1-5-6-7-9-17(4)12-13-18(16(2)3)15-22-20-11-8-10-19(21)14-20/h8,10-11,14,16-18H,5-7,9,12-13,15H2,1-4H3. The quantitative estimate of drug-likeness (QED) is 0.398. The van der Waals surface area contributed by atoms with Gasteiger partial charge in [0.25, 0.3) is 0 Å². The molecule has 1 rings (SSSR count). The Bertz CT molecular complexity index is 402. The lowest BCUT2D eigenvalue weighted by Crippen LogP contribution is -2.19. The van der Waals surface area contributed by atoms with Crippen molar-refractivity contribution in [3.63, 3.8) is 0 Å². The number of unbranched alkanes of at least 4 members (excludes halogenated alkanes) is 2. The largest absolute Gasteiger partial charge is 0.493 e. The molecule has 1 nitrogen and oxygen atoms in total. The fourth-order valence-electron chi connectivity index (χ4n) is 2.75. The van der Waals surface area contributed by atoms with Crippen LogP contribution in [0.2, 0.25) is 5.02 Å². The summed E-state index contributed by atoms with van der Waals surface area (Å²) in [7, 11) is 0. The second-order valence-electron chi connectivity index (χ2n) is 6.95. The number of hydrogen-bond acceptors (Lipinski definition) is 1. The van der Waals surface area contributed by atoms with E-state index in [0.717, 1.165) is 23.3 Å². The smallest absolute Gasteiger partial charge is 0.120 e. The van der Waals surface area contributed by atoms with E-state index < -0.39 is 0 Å². The van der Waals surface area contributed by atoms with Gasteiger partial charge in [0.05, 0.1) is 6.61 Å². The summed E-state index contributed by atoms with van der Waals surface area (Å²) >= 11 is 6.01. The molecule has 0 amide bonds. The lowest BCUT2D eigenvalue weighted by molar-refractivity contribution is 0.190. The number of rotatable bonds is 11. The number of hydrogen-bond donors (Lipinski definition) is 0. The van der Waals surface area contributed by atoms with E-state index >= 15 is 0 Å². The molecule has 1 aromatic rings. The van der Waals surface area contributed by atoms with Gasteiger partial charge in [-0.3, -0.25) is 0 Å². The predicted molar refractivity (Wildman–Crippen MR) is 97.8 cm³/mol. The summed E-state index contributed by atoms with van der Waals surface area (Å²) in [5.41, 5.74) is 0. The minimum atomic E-state index is 0.618. The molecule has 22 heavy (non-hydrogen) atoms. The second kappa shape index (κ2) is 10.9. The first-order valence-corrected chi connectivity index (χ1v) is 9.29. The molecule has 1 aromatic carbocycles. The third-order valence-electron chi connectivity index (χ3n) is 4.53. The van der Waals surface area contributed by atoms with Crippen molar-refractivity contribution >= 4 is 11.6 Å². The van der Waals surface area contributed by atoms with E-state index in [4.69, 9.17) is 16.3 Å². The van der Waals surface area contributed by atoms with Crippen molar-refractivity contribution in [1.29, 1.82) is 0 Å². The van der Waals surface area contributed by atoms with Crippen LogP contribution < -0.4 is 4.74 Å². The van der Waals surface area contributed by atoms with E-state index in [1.54, 1.807) is 0 Å². The molecule has 0 radical (unpaired) electrons. The lowest BCUT2D eigenvalue weighted by Gasteiger charge is -2.23. The first-order chi connectivity index (χ1) is 10.5. The lowest BCUT2D eigenvalue weighted by atomic mass is 9.87. The van der Waals surface area contributed by atoms with Crippen molar-refractivity contribution < 1.29 is 4.74 Å². The van der Waals surface area contributed by atoms with Crippen LogP contribution in [-0.4, -0.2) is 6.61 Å². The van der Waals surface area contributed by atoms with Crippen LogP contribution in [0.4, 0.5) is 0 Å². The Labute approximate surface area is 142 Å². The summed E-state index contributed by atoms with van der Waals surface area (Å²) in [6, 6.07) is 7.70. The molecular formula is C20H33ClO. The molecule has 0 aliphatic heterocycles. The Hall–Kier alpha value is -0.690. The second-order valence-corrected chi connectivity index (χ2v) is 7.39. The van der Waals surface area contributed by atoms with Crippen molar-refractivity contribution in [2.45, 2.75) is 66.2 Å². The van der Waals surface area contributed by atoms with Crippen molar-refractivity contribution in [3.05, 3.63) is 29.3 Å². The van der Waals surface area contributed by atoms with Gasteiger partial charge in [-0.1, -0.05) is 77.5 Å².